The summed E-state index contributed by atoms with van der Waals surface area (Å²) in [7, 11) is 1.88. The molecule has 0 spiro atoms. The predicted molar refractivity (Wildman–Crippen MR) is 75.6 cm³/mol. The van der Waals surface area contributed by atoms with Crippen LogP contribution < -0.4 is 10.1 Å². The van der Waals surface area contributed by atoms with E-state index in [4.69, 9.17) is 4.74 Å². The first-order chi connectivity index (χ1) is 9.06. The third-order valence-electron chi connectivity index (χ3n) is 2.59. The van der Waals surface area contributed by atoms with Gasteiger partial charge in [-0.3, -0.25) is 4.79 Å². The van der Waals surface area contributed by atoms with Gasteiger partial charge in [0.15, 0.2) is 0 Å². The fourth-order valence-electron chi connectivity index (χ4n) is 1.76. The van der Waals surface area contributed by atoms with Crippen molar-refractivity contribution in [1.82, 2.24) is 4.57 Å². The average molecular weight is 258 g/mol. The second kappa shape index (κ2) is 5.61. The van der Waals surface area contributed by atoms with Crippen molar-refractivity contribution in [3.63, 3.8) is 0 Å². The molecule has 0 saturated heterocycles. The highest BCUT2D eigenvalue weighted by atomic mass is 16.5. The summed E-state index contributed by atoms with van der Waals surface area (Å²) in [5.74, 6) is 0.544. The van der Waals surface area contributed by atoms with Gasteiger partial charge in [-0.1, -0.05) is 12.1 Å². The van der Waals surface area contributed by atoms with Crippen molar-refractivity contribution in [2.24, 2.45) is 7.05 Å². The van der Waals surface area contributed by atoms with Crippen molar-refractivity contribution in [3.05, 3.63) is 48.3 Å². The Morgan fingerprint density at radius 3 is 2.63 bits per heavy atom. The topological polar surface area (TPSA) is 43.3 Å². The lowest BCUT2D eigenvalue weighted by atomic mass is 10.2. The maximum atomic E-state index is 12.1. The average Bonchev–Trinajstić information content (AvgIpc) is 2.78. The van der Waals surface area contributed by atoms with E-state index in [-0.39, 0.29) is 12.0 Å². The maximum Gasteiger partial charge on any atom is 0.257 e. The Labute approximate surface area is 113 Å². The highest BCUT2D eigenvalue weighted by molar-refractivity contribution is 6.04. The van der Waals surface area contributed by atoms with E-state index in [1.807, 2.05) is 55.9 Å². The molecule has 1 N–H and O–H groups in total. The Hall–Kier alpha value is -2.23. The van der Waals surface area contributed by atoms with Crippen LogP contribution in [-0.2, 0) is 7.05 Å². The molecule has 1 amide bonds. The summed E-state index contributed by atoms with van der Waals surface area (Å²) in [5.41, 5.74) is 1.31. The first-order valence-corrected chi connectivity index (χ1v) is 6.25. The molecule has 1 heterocycles. The molecular weight excluding hydrogens is 240 g/mol. The summed E-state index contributed by atoms with van der Waals surface area (Å²) >= 11 is 0. The number of nitrogens with one attached hydrogen (secondary N) is 1. The summed E-state index contributed by atoms with van der Waals surface area (Å²) in [5, 5.41) is 2.87. The van der Waals surface area contributed by atoms with Crippen LogP contribution in [0.1, 0.15) is 24.2 Å². The molecule has 100 valence electrons. The van der Waals surface area contributed by atoms with Crippen LogP contribution in [0, 0.1) is 0 Å². The van der Waals surface area contributed by atoms with Crippen LogP contribution in [0.2, 0.25) is 0 Å². The molecule has 0 radical (unpaired) electrons. The summed E-state index contributed by atoms with van der Waals surface area (Å²) in [6.45, 7) is 3.91. The second-order valence-corrected chi connectivity index (χ2v) is 4.68. The Balaban J connectivity index is 2.16. The molecule has 4 nitrogen and oxygen atoms in total. The van der Waals surface area contributed by atoms with E-state index in [9.17, 15) is 4.79 Å². The van der Waals surface area contributed by atoms with E-state index in [0.29, 0.717) is 17.0 Å². The summed E-state index contributed by atoms with van der Waals surface area (Å²) in [6.07, 6.45) is 3.68. The zero-order chi connectivity index (χ0) is 13.8. The van der Waals surface area contributed by atoms with Gasteiger partial charge in [-0.15, -0.1) is 0 Å². The number of ether oxygens (including phenoxy) is 1. The zero-order valence-corrected chi connectivity index (χ0v) is 11.4. The van der Waals surface area contributed by atoms with Gasteiger partial charge in [0.05, 0.1) is 17.4 Å². The first-order valence-electron chi connectivity index (χ1n) is 6.25. The monoisotopic (exact) mass is 258 g/mol. The van der Waals surface area contributed by atoms with Crippen molar-refractivity contribution in [3.8, 4) is 5.75 Å². The predicted octanol–water partition coefficient (Wildman–Crippen LogP) is 3.06. The fourth-order valence-corrected chi connectivity index (χ4v) is 1.76. The van der Waals surface area contributed by atoms with Crippen LogP contribution in [-0.4, -0.2) is 16.6 Å². The number of hydrogen-bond acceptors (Lipinski definition) is 2. The van der Waals surface area contributed by atoms with Crippen LogP contribution in [0.4, 0.5) is 5.69 Å². The normalized spacial score (nSPS) is 10.5. The molecule has 2 rings (SSSR count). The summed E-state index contributed by atoms with van der Waals surface area (Å²) in [4.78, 5) is 12.1. The van der Waals surface area contributed by atoms with Crippen molar-refractivity contribution >= 4 is 11.6 Å². The Kier molecular flexibility index (Phi) is 3.90. The third kappa shape index (κ3) is 3.37. The lowest BCUT2D eigenvalue weighted by molar-refractivity contribution is 0.102. The van der Waals surface area contributed by atoms with Gasteiger partial charge >= 0.3 is 0 Å². The standard InChI is InChI=1S/C15H18N2O2/c1-11(2)19-14-7-5-4-6-13(14)16-15(18)12-8-9-17(3)10-12/h4-11H,1-3H3,(H,16,18). The van der Waals surface area contributed by atoms with Gasteiger partial charge in [0.2, 0.25) is 0 Å². The van der Waals surface area contributed by atoms with Crippen LogP contribution in [0.3, 0.4) is 0 Å². The molecule has 0 saturated carbocycles. The number of hydrogen-bond donors (Lipinski definition) is 1. The minimum atomic E-state index is -0.139. The number of rotatable bonds is 4. The van der Waals surface area contributed by atoms with E-state index >= 15 is 0 Å². The smallest absolute Gasteiger partial charge is 0.257 e. The van der Waals surface area contributed by atoms with Crippen LogP contribution >= 0.6 is 0 Å². The number of carbonyl (C=O) groups is 1. The number of carbonyl (C=O) groups excluding carboxylic acids is 1. The third-order valence-corrected chi connectivity index (χ3v) is 2.59. The minimum absolute atomic E-state index is 0.0646. The molecule has 0 bridgehead atoms. The molecule has 1 aromatic carbocycles. The second-order valence-electron chi connectivity index (χ2n) is 4.68. The highest BCUT2D eigenvalue weighted by Crippen LogP contribution is 2.25. The van der Waals surface area contributed by atoms with Gasteiger partial charge in [0, 0.05) is 19.4 Å². The molecule has 0 unspecified atom stereocenters. The Morgan fingerprint density at radius 2 is 2.00 bits per heavy atom. The maximum absolute atomic E-state index is 12.1. The first kappa shape index (κ1) is 13.2. The quantitative estimate of drug-likeness (QED) is 0.915. The number of amides is 1. The number of aromatic nitrogens is 1. The zero-order valence-electron chi connectivity index (χ0n) is 11.4. The van der Waals surface area contributed by atoms with Crippen LogP contribution in [0.25, 0.3) is 0 Å². The van der Waals surface area contributed by atoms with Crippen LogP contribution in [0.5, 0.6) is 5.75 Å². The largest absolute Gasteiger partial charge is 0.489 e. The van der Waals surface area contributed by atoms with Gasteiger partial charge in [-0.2, -0.15) is 0 Å². The Bertz CT molecular complexity index is 573. The molecular formula is C15H18N2O2. The molecule has 0 fully saturated rings. The number of anilines is 1. The van der Waals surface area contributed by atoms with Crippen molar-refractivity contribution < 1.29 is 9.53 Å². The molecule has 4 heteroatoms. The van der Waals surface area contributed by atoms with E-state index in [2.05, 4.69) is 5.32 Å². The van der Waals surface area contributed by atoms with E-state index in [0.717, 1.165) is 0 Å². The number of para-hydroxylation sites is 2. The van der Waals surface area contributed by atoms with Gasteiger partial charge in [0.1, 0.15) is 5.75 Å². The number of aryl methyl sites for hydroxylation is 1. The fraction of sp³-hybridized carbons (Fsp3) is 0.267. The van der Waals surface area contributed by atoms with E-state index < -0.39 is 0 Å². The summed E-state index contributed by atoms with van der Waals surface area (Å²) < 4.78 is 7.51. The van der Waals surface area contributed by atoms with E-state index in [1.165, 1.54) is 0 Å². The molecule has 0 aliphatic carbocycles. The van der Waals surface area contributed by atoms with Gasteiger partial charge in [0.25, 0.3) is 5.91 Å². The molecule has 1 aromatic heterocycles. The number of benzene rings is 1. The lowest BCUT2D eigenvalue weighted by Gasteiger charge is -2.14. The van der Waals surface area contributed by atoms with Gasteiger partial charge < -0.3 is 14.6 Å². The summed E-state index contributed by atoms with van der Waals surface area (Å²) in [6, 6.07) is 9.21. The van der Waals surface area contributed by atoms with Crippen molar-refractivity contribution in [2.75, 3.05) is 5.32 Å². The molecule has 2 aromatic rings. The molecule has 0 aliphatic rings. The van der Waals surface area contributed by atoms with Crippen molar-refractivity contribution in [1.29, 1.82) is 0 Å². The van der Waals surface area contributed by atoms with Gasteiger partial charge in [-0.25, -0.2) is 0 Å². The number of nitrogens with zero attached hydrogens (tertiary/aromatic N) is 1. The van der Waals surface area contributed by atoms with E-state index in [1.54, 1.807) is 12.3 Å². The Morgan fingerprint density at radius 1 is 1.26 bits per heavy atom. The van der Waals surface area contributed by atoms with Crippen molar-refractivity contribution in [2.45, 2.75) is 20.0 Å². The van der Waals surface area contributed by atoms with Gasteiger partial charge in [-0.05, 0) is 32.0 Å². The van der Waals surface area contributed by atoms with Crippen LogP contribution in [0.15, 0.2) is 42.7 Å². The molecule has 0 atom stereocenters. The minimum Gasteiger partial charge on any atom is -0.489 e. The molecule has 0 aliphatic heterocycles. The SMILES string of the molecule is CC(C)Oc1ccccc1NC(=O)c1ccn(C)c1. The lowest BCUT2D eigenvalue weighted by Crippen LogP contribution is -2.14. The highest BCUT2D eigenvalue weighted by Gasteiger charge is 2.11. The molecule has 19 heavy (non-hydrogen) atoms.